The van der Waals surface area contributed by atoms with Gasteiger partial charge in [0.15, 0.2) is 22.7 Å². The predicted octanol–water partition coefficient (Wildman–Crippen LogP) is 2.54. The maximum Gasteiger partial charge on any atom is 0.229 e. The van der Waals surface area contributed by atoms with Crippen LogP contribution >= 0.6 is 0 Å². The number of rotatable bonds is 5. The topological polar surface area (TPSA) is 101 Å². The predicted molar refractivity (Wildman–Crippen MR) is 122 cm³/mol. The molecule has 0 amide bonds. The molecule has 0 aliphatic carbocycles. The number of hydrogen-bond acceptors (Lipinski definition) is 8. The van der Waals surface area contributed by atoms with Crippen molar-refractivity contribution in [1.82, 2.24) is 24.5 Å². The summed E-state index contributed by atoms with van der Waals surface area (Å²) in [6, 6.07) is 13.2. The highest BCUT2D eigenvalue weighted by Crippen LogP contribution is 2.31. The van der Waals surface area contributed by atoms with Gasteiger partial charge in [-0.2, -0.15) is 9.97 Å². The highest BCUT2D eigenvalue weighted by molar-refractivity contribution is 5.88. The molecule has 1 saturated heterocycles. The van der Waals surface area contributed by atoms with Crippen LogP contribution in [0, 0.1) is 0 Å². The summed E-state index contributed by atoms with van der Waals surface area (Å²) in [4.78, 5) is 20.7. The first-order valence-corrected chi connectivity index (χ1v) is 10.6. The van der Waals surface area contributed by atoms with Crippen LogP contribution in [0.25, 0.3) is 22.6 Å². The number of morpholine rings is 1. The highest BCUT2D eigenvalue weighted by atomic mass is 16.5. The van der Waals surface area contributed by atoms with E-state index >= 15 is 0 Å². The smallest absolute Gasteiger partial charge is 0.229 e. The van der Waals surface area contributed by atoms with Gasteiger partial charge >= 0.3 is 0 Å². The molecule has 1 unspecified atom stereocenters. The normalized spacial score (nSPS) is 16.2. The fourth-order valence-electron chi connectivity index (χ4n) is 3.91. The fraction of sp³-hybridized carbons (Fsp3) is 0.304. The molecule has 9 heteroatoms. The van der Waals surface area contributed by atoms with Crippen LogP contribution in [0.2, 0.25) is 0 Å². The van der Waals surface area contributed by atoms with Gasteiger partial charge in [0.05, 0.1) is 13.2 Å². The second-order valence-electron chi connectivity index (χ2n) is 7.94. The summed E-state index contributed by atoms with van der Waals surface area (Å²) in [5.74, 6) is 1.83. The van der Waals surface area contributed by atoms with Crippen LogP contribution in [0.15, 0.2) is 54.9 Å². The molecule has 1 aliphatic rings. The van der Waals surface area contributed by atoms with Gasteiger partial charge in [0.25, 0.3) is 0 Å². The van der Waals surface area contributed by atoms with Gasteiger partial charge in [-0.1, -0.05) is 30.3 Å². The van der Waals surface area contributed by atoms with Crippen LogP contribution in [0.5, 0.6) is 0 Å². The van der Waals surface area contributed by atoms with Gasteiger partial charge in [-0.3, -0.25) is 4.98 Å². The van der Waals surface area contributed by atoms with Gasteiger partial charge in [0.1, 0.15) is 5.82 Å². The second-order valence-corrected chi connectivity index (χ2v) is 7.94. The Labute approximate surface area is 185 Å². The van der Waals surface area contributed by atoms with Crippen molar-refractivity contribution in [3.8, 4) is 11.4 Å². The van der Waals surface area contributed by atoms with Crippen LogP contribution in [0.1, 0.15) is 12.5 Å². The molecule has 1 fully saturated rings. The number of anilines is 2. The van der Waals surface area contributed by atoms with Crippen LogP contribution in [-0.2, 0) is 17.5 Å². The van der Waals surface area contributed by atoms with Crippen molar-refractivity contribution < 1.29 is 9.84 Å². The zero-order valence-corrected chi connectivity index (χ0v) is 18.1. The third-order valence-corrected chi connectivity index (χ3v) is 5.64. The van der Waals surface area contributed by atoms with Gasteiger partial charge in [0, 0.05) is 43.7 Å². The zero-order valence-electron chi connectivity index (χ0n) is 18.1. The standard InChI is InChI=1S/C23H25N7O2/c1-23(31,17-6-4-3-5-7-17)28-22-26-20-18(21(27-22)30-12-14-32-15-13-30)25-19(29(20)2)16-8-10-24-11-9-16/h3-11,31H,12-15H2,1-2H3,(H,26,27,28). The minimum absolute atomic E-state index is 0.331. The molecule has 1 atom stereocenters. The minimum atomic E-state index is -1.34. The van der Waals surface area contributed by atoms with Gasteiger partial charge in [0.2, 0.25) is 5.95 Å². The molecule has 5 rings (SSSR count). The number of nitrogens with zero attached hydrogens (tertiary/aromatic N) is 6. The van der Waals surface area contributed by atoms with Gasteiger partial charge in [-0.25, -0.2) is 4.98 Å². The Morgan fingerprint density at radius 2 is 1.72 bits per heavy atom. The van der Waals surface area contributed by atoms with Gasteiger partial charge in [-0.15, -0.1) is 0 Å². The Kier molecular flexibility index (Phi) is 5.20. The Bertz CT molecular complexity index is 1220. The lowest BCUT2D eigenvalue weighted by Gasteiger charge is -2.29. The lowest BCUT2D eigenvalue weighted by atomic mass is 10.1. The molecule has 4 aromatic rings. The third kappa shape index (κ3) is 3.76. The van der Waals surface area contributed by atoms with E-state index in [4.69, 9.17) is 19.7 Å². The summed E-state index contributed by atoms with van der Waals surface area (Å²) in [7, 11) is 1.93. The largest absolute Gasteiger partial charge is 0.378 e. The van der Waals surface area contributed by atoms with Gasteiger partial charge in [-0.05, 0) is 19.1 Å². The van der Waals surface area contributed by atoms with Crippen LogP contribution in [0.4, 0.5) is 11.8 Å². The van der Waals surface area contributed by atoms with Crippen molar-refractivity contribution in [1.29, 1.82) is 0 Å². The molecule has 3 aromatic heterocycles. The molecule has 0 bridgehead atoms. The third-order valence-electron chi connectivity index (χ3n) is 5.64. The molecule has 164 valence electrons. The Morgan fingerprint density at radius 3 is 2.44 bits per heavy atom. The maximum absolute atomic E-state index is 11.1. The average molecular weight is 432 g/mol. The van der Waals surface area contributed by atoms with Crippen molar-refractivity contribution in [3.63, 3.8) is 0 Å². The van der Waals surface area contributed by atoms with Crippen molar-refractivity contribution in [2.75, 3.05) is 36.5 Å². The quantitative estimate of drug-likeness (QED) is 0.465. The lowest BCUT2D eigenvalue weighted by molar-refractivity contribution is 0.0878. The number of aromatic nitrogens is 5. The van der Waals surface area contributed by atoms with E-state index in [0.29, 0.717) is 43.4 Å². The molecule has 1 aliphatic heterocycles. The van der Waals surface area contributed by atoms with E-state index < -0.39 is 5.72 Å². The summed E-state index contributed by atoms with van der Waals surface area (Å²) < 4.78 is 7.47. The fourth-order valence-corrected chi connectivity index (χ4v) is 3.91. The van der Waals surface area contributed by atoms with Crippen LogP contribution in [0.3, 0.4) is 0 Å². The summed E-state index contributed by atoms with van der Waals surface area (Å²) in [6.07, 6.45) is 3.49. The molecule has 0 spiro atoms. The molecular weight excluding hydrogens is 406 g/mol. The van der Waals surface area contributed by atoms with Crippen molar-refractivity contribution in [2.24, 2.45) is 7.05 Å². The second kappa shape index (κ2) is 8.18. The number of benzene rings is 1. The number of fused-ring (bicyclic) bond motifs is 1. The molecule has 9 nitrogen and oxygen atoms in total. The van der Waals surface area contributed by atoms with E-state index in [9.17, 15) is 5.11 Å². The number of pyridine rings is 1. The van der Waals surface area contributed by atoms with Gasteiger partial charge < -0.3 is 24.6 Å². The van der Waals surface area contributed by atoms with E-state index in [-0.39, 0.29) is 0 Å². The molecule has 0 saturated carbocycles. The maximum atomic E-state index is 11.1. The summed E-state index contributed by atoms with van der Waals surface area (Å²) in [5.41, 5.74) is 1.72. The first-order valence-electron chi connectivity index (χ1n) is 10.6. The molecule has 1 aromatic carbocycles. The monoisotopic (exact) mass is 431 g/mol. The van der Waals surface area contributed by atoms with E-state index in [1.54, 1.807) is 19.3 Å². The molecular formula is C23H25N7O2. The molecule has 0 radical (unpaired) electrons. The SMILES string of the molecule is Cn1c(-c2ccncc2)nc2c(N3CCOCC3)nc(NC(C)(O)c3ccccc3)nc21. The van der Waals surface area contributed by atoms with E-state index in [1.165, 1.54) is 0 Å². The van der Waals surface area contributed by atoms with E-state index in [2.05, 4.69) is 15.2 Å². The molecule has 4 heterocycles. The van der Waals surface area contributed by atoms with Crippen LogP contribution in [-0.4, -0.2) is 55.9 Å². The van der Waals surface area contributed by atoms with E-state index in [1.807, 2.05) is 54.1 Å². The number of aliphatic hydroxyl groups is 1. The van der Waals surface area contributed by atoms with Crippen molar-refractivity contribution in [2.45, 2.75) is 12.6 Å². The number of ether oxygens (including phenoxy) is 1. The lowest BCUT2D eigenvalue weighted by Crippen LogP contribution is -2.37. The first kappa shape index (κ1) is 20.3. The molecule has 32 heavy (non-hydrogen) atoms. The van der Waals surface area contributed by atoms with Crippen molar-refractivity contribution in [3.05, 3.63) is 60.4 Å². The number of imidazole rings is 1. The minimum Gasteiger partial charge on any atom is -0.378 e. The Balaban J connectivity index is 1.63. The highest BCUT2D eigenvalue weighted by Gasteiger charge is 2.27. The first-order chi connectivity index (χ1) is 15.5. The molecule has 2 N–H and O–H groups in total. The summed E-state index contributed by atoms with van der Waals surface area (Å²) >= 11 is 0. The van der Waals surface area contributed by atoms with E-state index in [0.717, 1.165) is 22.8 Å². The van der Waals surface area contributed by atoms with Crippen LogP contribution < -0.4 is 10.2 Å². The number of aryl methyl sites for hydroxylation is 1. The average Bonchev–Trinajstić information content (AvgIpc) is 3.16. The summed E-state index contributed by atoms with van der Waals surface area (Å²) in [5, 5.41) is 14.2. The Morgan fingerprint density at radius 1 is 1.00 bits per heavy atom. The number of nitrogens with one attached hydrogen (secondary N) is 1. The Hall–Kier alpha value is -3.56. The summed E-state index contributed by atoms with van der Waals surface area (Å²) in [6.45, 7) is 4.36. The zero-order chi connectivity index (χ0) is 22.1. The van der Waals surface area contributed by atoms with Crippen molar-refractivity contribution >= 4 is 22.9 Å². The number of hydrogen-bond donors (Lipinski definition) is 2.